The van der Waals surface area contributed by atoms with Crippen molar-refractivity contribution in [1.29, 1.82) is 0 Å². The molecule has 1 aliphatic heterocycles. The van der Waals surface area contributed by atoms with Gasteiger partial charge in [-0.05, 0) is 39.3 Å². The number of nitro benzene ring substituents is 1. The largest absolute Gasteiger partial charge is 0.314 e. The van der Waals surface area contributed by atoms with Crippen molar-refractivity contribution in [2.75, 3.05) is 6.54 Å². The van der Waals surface area contributed by atoms with Gasteiger partial charge in [0.2, 0.25) is 10.0 Å². The van der Waals surface area contributed by atoms with E-state index in [-0.39, 0.29) is 45.7 Å². The molecule has 0 bridgehead atoms. The monoisotopic (exact) mass is 383 g/mol. The molecule has 7 nitrogen and oxygen atoms in total. The number of piperidine rings is 1. The van der Waals surface area contributed by atoms with Gasteiger partial charge in [0.25, 0.3) is 5.69 Å². The lowest BCUT2D eigenvalue weighted by molar-refractivity contribution is -0.385. The first kappa shape index (κ1) is 20.1. The van der Waals surface area contributed by atoms with Gasteiger partial charge in [0.15, 0.2) is 0 Å². The lowest BCUT2D eigenvalue weighted by Gasteiger charge is -2.28. The van der Waals surface area contributed by atoms with Gasteiger partial charge in [0.1, 0.15) is 0 Å². The summed E-state index contributed by atoms with van der Waals surface area (Å²) in [6.07, 6.45) is 1.34. The molecule has 0 spiro atoms. The first-order valence-electron chi connectivity index (χ1n) is 6.91. The number of rotatable bonds is 4. The summed E-state index contributed by atoms with van der Waals surface area (Å²) in [5.41, 5.74) is -0.0485. The van der Waals surface area contributed by atoms with Crippen LogP contribution in [-0.2, 0) is 10.0 Å². The van der Waals surface area contributed by atoms with Gasteiger partial charge in [0, 0.05) is 23.7 Å². The van der Waals surface area contributed by atoms with Crippen LogP contribution in [0.25, 0.3) is 0 Å². The molecule has 1 aliphatic rings. The lowest BCUT2D eigenvalue weighted by atomic mass is 10.0. The molecule has 0 amide bonds. The molecular weight excluding hydrogens is 365 g/mol. The number of nitrogens with one attached hydrogen (secondary N) is 2. The van der Waals surface area contributed by atoms with E-state index in [9.17, 15) is 18.5 Å². The third-order valence-electron chi connectivity index (χ3n) is 3.74. The van der Waals surface area contributed by atoms with Gasteiger partial charge in [-0.3, -0.25) is 10.1 Å². The van der Waals surface area contributed by atoms with Crippen LogP contribution in [-0.4, -0.2) is 32.0 Å². The minimum Gasteiger partial charge on any atom is -0.314 e. The van der Waals surface area contributed by atoms with E-state index < -0.39 is 14.9 Å². The van der Waals surface area contributed by atoms with Gasteiger partial charge in [-0.15, -0.1) is 12.4 Å². The SMILES string of the molecule is Cc1c(Cl)cc(S(=O)(=O)NC2CCNC(C)C2)cc1[N+](=O)[O-].Cl. The first-order valence-corrected chi connectivity index (χ1v) is 8.77. The number of halogens is 2. The number of sulfonamides is 1. The molecule has 0 radical (unpaired) electrons. The van der Waals surface area contributed by atoms with E-state index in [2.05, 4.69) is 10.0 Å². The molecule has 1 fully saturated rings. The van der Waals surface area contributed by atoms with Gasteiger partial charge in [-0.2, -0.15) is 0 Å². The van der Waals surface area contributed by atoms with Gasteiger partial charge < -0.3 is 5.32 Å². The average molecular weight is 384 g/mol. The van der Waals surface area contributed by atoms with Crippen molar-refractivity contribution in [3.05, 3.63) is 32.8 Å². The lowest BCUT2D eigenvalue weighted by Crippen LogP contribution is -2.46. The molecule has 1 aromatic rings. The maximum Gasteiger partial charge on any atom is 0.275 e. The summed E-state index contributed by atoms with van der Waals surface area (Å²) in [5.74, 6) is 0. The Morgan fingerprint density at radius 3 is 2.65 bits per heavy atom. The van der Waals surface area contributed by atoms with Crippen LogP contribution in [0.5, 0.6) is 0 Å². The second kappa shape index (κ2) is 7.76. The van der Waals surface area contributed by atoms with Gasteiger partial charge in [-0.1, -0.05) is 11.6 Å². The number of nitrogens with zero attached hydrogens (tertiary/aromatic N) is 1. The van der Waals surface area contributed by atoms with Gasteiger partial charge >= 0.3 is 0 Å². The zero-order valence-electron chi connectivity index (χ0n) is 12.7. The fourth-order valence-corrected chi connectivity index (χ4v) is 4.12. The Morgan fingerprint density at radius 2 is 2.09 bits per heavy atom. The van der Waals surface area contributed by atoms with Gasteiger partial charge in [-0.25, -0.2) is 13.1 Å². The Morgan fingerprint density at radius 1 is 1.43 bits per heavy atom. The zero-order chi connectivity index (χ0) is 16.5. The van der Waals surface area contributed by atoms with Crippen molar-refractivity contribution in [3.8, 4) is 0 Å². The fraction of sp³-hybridized carbons (Fsp3) is 0.538. The highest BCUT2D eigenvalue weighted by molar-refractivity contribution is 7.89. The number of benzene rings is 1. The first-order chi connectivity index (χ1) is 10.2. The van der Waals surface area contributed by atoms with Crippen molar-refractivity contribution in [1.82, 2.24) is 10.0 Å². The highest BCUT2D eigenvalue weighted by Crippen LogP contribution is 2.29. The summed E-state index contributed by atoms with van der Waals surface area (Å²) in [6, 6.07) is 2.32. The van der Waals surface area contributed by atoms with Gasteiger partial charge in [0.05, 0.1) is 14.8 Å². The van der Waals surface area contributed by atoms with Crippen LogP contribution in [0.15, 0.2) is 17.0 Å². The van der Waals surface area contributed by atoms with E-state index in [1.807, 2.05) is 6.92 Å². The molecule has 2 unspecified atom stereocenters. The van der Waals surface area contributed by atoms with E-state index in [4.69, 9.17) is 11.6 Å². The van der Waals surface area contributed by atoms with Crippen molar-refractivity contribution in [2.24, 2.45) is 0 Å². The Kier molecular flexibility index (Phi) is 6.79. The molecule has 10 heteroatoms. The van der Waals surface area contributed by atoms with Crippen molar-refractivity contribution in [3.63, 3.8) is 0 Å². The summed E-state index contributed by atoms with van der Waals surface area (Å²) in [6.45, 7) is 4.19. The molecule has 0 aromatic heterocycles. The summed E-state index contributed by atoms with van der Waals surface area (Å²) in [5, 5.41) is 14.3. The maximum atomic E-state index is 12.4. The highest BCUT2D eigenvalue weighted by Gasteiger charge is 2.27. The predicted molar refractivity (Wildman–Crippen MR) is 90.9 cm³/mol. The standard InChI is InChI=1S/C13H18ClN3O4S.ClH/c1-8-5-10(3-4-15-8)16-22(20,21)11-6-12(14)9(2)13(7-11)17(18)19;/h6-8,10,15-16H,3-5H2,1-2H3;1H. The van der Waals surface area contributed by atoms with Crippen LogP contribution in [0.3, 0.4) is 0 Å². The minimum absolute atomic E-state index is 0. The van der Waals surface area contributed by atoms with Crippen molar-refractivity contribution in [2.45, 2.75) is 43.7 Å². The van der Waals surface area contributed by atoms with E-state index >= 15 is 0 Å². The molecule has 1 heterocycles. The average Bonchev–Trinajstić information content (AvgIpc) is 2.40. The molecule has 2 atom stereocenters. The highest BCUT2D eigenvalue weighted by atomic mass is 35.5. The fourth-order valence-electron chi connectivity index (χ4n) is 2.51. The quantitative estimate of drug-likeness (QED) is 0.613. The number of nitro groups is 1. The Balaban J connectivity index is 0.00000264. The van der Waals surface area contributed by atoms with Crippen LogP contribution >= 0.6 is 24.0 Å². The summed E-state index contributed by atoms with van der Waals surface area (Å²) in [4.78, 5) is 10.2. The van der Waals surface area contributed by atoms with E-state index in [1.54, 1.807) is 0 Å². The van der Waals surface area contributed by atoms with Crippen molar-refractivity contribution < 1.29 is 13.3 Å². The second-order valence-electron chi connectivity index (χ2n) is 5.50. The molecule has 2 N–H and O–H groups in total. The van der Waals surface area contributed by atoms with Crippen LogP contribution in [0, 0.1) is 17.0 Å². The third-order valence-corrected chi connectivity index (χ3v) is 5.64. The second-order valence-corrected chi connectivity index (χ2v) is 7.63. The molecule has 2 rings (SSSR count). The smallest absolute Gasteiger partial charge is 0.275 e. The number of hydrogen-bond acceptors (Lipinski definition) is 5. The minimum atomic E-state index is -3.85. The summed E-state index contributed by atoms with van der Waals surface area (Å²) >= 11 is 5.93. The summed E-state index contributed by atoms with van der Waals surface area (Å²) < 4.78 is 27.5. The zero-order valence-corrected chi connectivity index (χ0v) is 15.1. The Bertz CT molecular complexity index is 697. The van der Waals surface area contributed by atoms with E-state index in [0.717, 1.165) is 12.6 Å². The van der Waals surface area contributed by atoms with Crippen LogP contribution in [0.1, 0.15) is 25.3 Å². The summed E-state index contributed by atoms with van der Waals surface area (Å²) in [7, 11) is -3.85. The van der Waals surface area contributed by atoms with Crippen LogP contribution in [0.2, 0.25) is 5.02 Å². The molecule has 130 valence electrons. The Labute approximate surface area is 146 Å². The molecule has 0 saturated carbocycles. The molecule has 23 heavy (non-hydrogen) atoms. The molecule has 1 aromatic carbocycles. The molecule has 0 aliphatic carbocycles. The predicted octanol–water partition coefficient (Wildman–Crippen LogP) is 2.40. The van der Waals surface area contributed by atoms with Crippen LogP contribution in [0.4, 0.5) is 5.69 Å². The maximum absolute atomic E-state index is 12.4. The third kappa shape index (κ3) is 4.77. The molecule has 1 saturated heterocycles. The topological polar surface area (TPSA) is 101 Å². The normalized spacial score (nSPS) is 21.5. The number of hydrogen-bond donors (Lipinski definition) is 2. The molecular formula is C13H19Cl2N3O4S. The van der Waals surface area contributed by atoms with Crippen LogP contribution < -0.4 is 10.0 Å². The Hall–Kier alpha value is -0.930. The van der Waals surface area contributed by atoms with Crippen molar-refractivity contribution >= 4 is 39.7 Å². The van der Waals surface area contributed by atoms with E-state index in [1.165, 1.54) is 13.0 Å². The van der Waals surface area contributed by atoms with E-state index in [0.29, 0.717) is 12.8 Å².